The van der Waals surface area contributed by atoms with Crippen LogP contribution < -0.4 is 15.1 Å². The molecule has 2 heterocycles. The summed E-state index contributed by atoms with van der Waals surface area (Å²) in [6.07, 6.45) is -0.0320. The third-order valence-corrected chi connectivity index (χ3v) is 5.13. The van der Waals surface area contributed by atoms with Crippen molar-refractivity contribution in [3.8, 4) is 5.75 Å². The second-order valence-electron chi connectivity index (χ2n) is 6.61. The van der Waals surface area contributed by atoms with Crippen LogP contribution in [-0.4, -0.2) is 36.3 Å². The molecule has 3 N–H and O–H groups in total. The number of nitrogens with one attached hydrogen (secondary N) is 1. The van der Waals surface area contributed by atoms with Gasteiger partial charge in [-0.15, -0.1) is 0 Å². The lowest BCUT2D eigenvalue weighted by Crippen LogP contribution is -2.31. The molecule has 0 bridgehead atoms. The van der Waals surface area contributed by atoms with Crippen molar-refractivity contribution in [3.63, 3.8) is 0 Å². The summed E-state index contributed by atoms with van der Waals surface area (Å²) in [6.45, 7) is 2.16. The van der Waals surface area contributed by atoms with E-state index in [1.807, 2.05) is 38.2 Å². The van der Waals surface area contributed by atoms with Crippen molar-refractivity contribution in [2.75, 3.05) is 35.3 Å². The molecule has 2 aliphatic rings. The summed E-state index contributed by atoms with van der Waals surface area (Å²) in [5.41, 5.74) is 4.93. The SMILES string of the molecule is CC1C(=O)N(CCO)c2cc3c(cc21)NC(c1ccc(O)cc1)N3C. The number of β-amino-alcohol motifs (C(OH)–C–C–N with tert-alkyl or cyclic N) is 1. The van der Waals surface area contributed by atoms with Gasteiger partial charge in [0.2, 0.25) is 5.91 Å². The molecule has 6 nitrogen and oxygen atoms in total. The number of fused-ring (bicyclic) bond motifs is 2. The number of amides is 1. The second kappa shape index (κ2) is 5.67. The van der Waals surface area contributed by atoms with Crippen LogP contribution >= 0.6 is 0 Å². The van der Waals surface area contributed by atoms with Crippen LogP contribution in [0, 0.1) is 0 Å². The maximum Gasteiger partial charge on any atom is 0.234 e. The van der Waals surface area contributed by atoms with Gasteiger partial charge in [0.05, 0.1) is 23.9 Å². The molecule has 4 rings (SSSR count). The topological polar surface area (TPSA) is 76.0 Å². The van der Waals surface area contributed by atoms with Crippen LogP contribution in [0.4, 0.5) is 17.1 Å². The molecule has 130 valence electrons. The van der Waals surface area contributed by atoms with Crippen LogP contribution in [0.1, 0.15) is 30.1 Å². The molecule has 0 spiro atoms. The molecule has 2 aliphatic heterocycles. The summed E-state index contributed by atoms with van der Waals surface area (Å²) in [5.74, 6) is 0.0741. The van der Waals surface area contributed by atoms with E-state index < -0.39 is 0 Å². The number of aromatic hydroxyl groups is 1. The van der Waals surface area contributed by atoms with Gasteiger partial charge in [-0.25, -0.2) is 0 Å². The van der Waals surface area contributed by atoms with Gasteiger partial charge in [-0.3, -0.25) is 4.79 Å². The Morgan fingerprint density at radius 2 is 1.88 bits per heavy atom. The van der Waals surface area contributed by atoms with Crippen molar-refractivity contribution in [1.29, 1.82) is 0 Å². The maximum atomic E-state index is 12.4. The number of aliphatic hydroxyl groups is 1. The Morgan fingerprint density at radius 3 is 2.56 bits per heavy atom. The summed E-state index contributed by atoms with van der Waals surface area (Å²) in [4.78, 5) is 16.2. The van der Waals surface area contributed by atoms with Gasteiger partial charge in [0.15, 0.2) is 0 Å². The van der Waals surface area contributed by atoms with Crippen molar-refractivity contribution < 1.29 is 15.0 Å². The fourth-order valence-corrected chi connectivity index (χ4v) is 3.74. The molecule has 0 aliphatic carbocycles. The van der Waals surface area contributed by atoms with Gasteiger partial charge < -0.3 is 25.3 Å². The lowest BCUT2D eigenvalue weighted by Gasteiger charge is -2.23. The smallest absolute Gasteiger partial charge is 0.234 e. The van der Waals surface area contributed by atoms with E-state index in [0.29, 0.717) is 6.54 Å². The Labute approximate surface area is 146 Å². The Balaban J connectivity index is 1.72. The lowest BCUT2D eigenvalue weighted by molar-refractivity contribution is -0.119. The molecule has 0 fully saturated rings. The number of hydrogen-bond acceptors (Lipinski definition) is 5. The van der Waals surface area contributed by atoms with E-state index in [1.165, 1.54) is 0 Å². The lowest BCUT2D eigenvalue weighted by atomic mass is 10.0. The number of nitrogens with zero attached hydrogens (tertiary/aromatic N) is 2. The van der Waals surface area contributed by atoms with E-state index in [4.69, 9.17) is 0 Å². The highest BCUT2D eigenvalue weighted by Crippen LogP contribution is 2.48. The van der Waals surface area contributed by atoms with E-state index in [2.05, 4.69) is 10.2 Å². The molecule has 1 amide bonds. The fraction of sp³-hybridized carbons (Fsp3) is 0.316. The summed E-state index contributed by atoms with van der Waals surface area (Å²) in [6, 6.07) is 11.2. The maximum absolute atomic E-state index is 12.4. The van der Waals surface area contributed by atoms with Gasteiger partial charge in [-0.2, -0.15) is 0 Å². The van der Waals surface area contributed by atoms with Crippen LogP contribution in [0.15, 0.2) is 36.4 Å². The zero-order chi connectivity index (χ0) is 17.7. The van der Waals surface area contributed by atoms with Crippen molar-refractivity contribution >= 4 is 23.0 Å². The van der Waals surface area contributed by atoms with Gasteiger partial charge in [-0.05, 0) is 42.3 Å². The van der Waals surface area contributed by atoms with E-state index >= 15 is 0 Å². The quantitative estimate of drug-likeness (QED) is 0.800. The zero-order valence-corrected chi connectivity index (χ0v) is 14.2. The first-order valence-electron chi connectivity index (χ1n) is 8.39. The van der Waals surface area contributed by atoms with Gasteiger partial charge in [0.1, 0.15) is 11.9 Å². The second-order valence-corrected chi connectivity index (χ2v) is 6.61. The third kappa shape index (κ3) is 2.33. The van der Waals surface area contributed by atoms with Crippen molar-refractivity contribution in [2.45, 2.75) is 19.0 Å². The van der Waals surface area contributed by atoms with Crippen LogP contribution in [-0.2, 0) is 4.79 Å². The number of hydrogen-bond donors (Lipinski definition) is 3. The Hall–Kier alpha value is -2.73. The summed E-state index contributed by atoms with van der Waals surface area (Å²) in [7, 11) is 2.00. The normalized spacial score (nSPS) is 21.3. The van der Waals surface area contributed by atoms with Crippen molar-refractivity contribution in [2.24, 2.45) is 0 Å². The molecule has 0 aromatic heterocycles. The summed E-state index contributed by atoms with van der Waals surface area (Å²) >= 11 is 0. The highest BCUT2D eigenvalue weighted by Gasteiger charge is 2.37. The standard InChI is InChI=1S/C19H21N3O3/c1-11-14-9-15-17(10-16(14)22(7-8-23)19(11)25)21(2)18(20-15)12-3-5-13(24)6-4-12/h3-6,9-11,18,20,23-24H,7-8H2,1-2H3. The minimum Gasteiger partial charge on any atom is -0.508 e. The summed E-state index contributed by atoms with van der Waals surface area (Å²) < 4.78 is 0. The summed E-state index contributed by atoms with van der Waals surface area (Å²) in [5, 5.41) is 22.3. The van der Waals surface area contributed by atoms with E-state index in [9.17, 15) is 15.0 Å². The van der Waals surface area contributed by atoms with Gasteiger partial charge >= 0.3 is 0 Å². The number of benzene rings is 2. The average Bonchev–Trinajstić information content (AvgIpc) is 3.05. The third-order valence-electron chi connectivity index (χ3n) is 5.13. The molecule has 2 aromatic carbocycles. The number of phenolic OH excluding ortho intramolecular Hbond substituents is 1. The number of rotatable bonds is 3. The number of aliphatic hydroxyl groups excluding tert-OH is 1. The Morgan fingerprint density at radius 1 is 1.16 bits per heavy atom. The van der Waals surface area contributed by atoms with Crippen molar-refractivity contribution in [1.82, 2.24) is 0 Å². The molecular weight excluding hydrogens is 318 g/mol. The number of carbonyl (C=O) groups is 1. The predicted octanol–water partition coefficient (Wildman–Crippen LogP) is 2.40. The van der Waals surface area contributed by atoms with Gasteiger partial charge in [0, 0.05) is 19.3 Å². The molecule has 2 unspecified atom stereocenters. The van der Waals surface area contributed by atoms with Crippen LogP contribution in [0.3, 0.4) is 0 Å². The first-order chi connectivity index (χ1) is 12.0. The molecule has 0 saturated heterocycles. The largest absolute Gasteiger partial charge is 0.508 e. The molecule has 2 atom stereocenters. The molecule has 25 heavy (non-hydrogen) atoms. The average molecular weight is 339 g/mol. The number of anilines is 3. The zero-order valence-electron chi connectivity index (χ0n) is 14.2. The predicted molar refractivity (Wildman–Crippen MR) is 97.2 cm³/mol. The first kappa shape index (κ1) is 15.8. The Bertz CT molecular complexity index is 835. The van der Waals surface area contributed by atoms with Crippen molar-refractivity contribution in [3.05, 3.63) is 47.5 Å². The number of phenols is 1. The highest BCUT2D eigenvalue weighted by molar-refractivity contribution is 6.06. The minimum absolute atomic E-state index is 0.0320. The first-order valence-corrected chi connectivity index (χ1v) is 8.39. The highest BCUT2D eigenvalue weighted by atomic mass is 16.3. The van der Waals surface area contributed by atoms with E-state index in [1.54, 1.807) is 17.0 Å². The molecule has 0 radical (unpaired) electrons. The van der Waals surface area contributed by atoms with Crippen LogP contribution in [0.5, 0.6) is 5.75 Å². The molecule has 6 heteroatoms. The fourth-order valence-electron chi connectivity index (χ4n) is 3.74. The Kier molecular flexibility index (Phi) is 3.58. The van der Waals surface area contributed by atoms with Gasteiger partial charge in [-0.1, -0.05) is 12.1 Å². The van der Waals surface area contributed by atoms with Crippen LogP contribution in [0.2, 0.25) is 0 Å². The van der Waals surface area contributed by atoms with E-state index in [0.717, 1.165) is 28.2 Å². The molecule has 0 saturated carbocycles. The monoisotopic (exact) mass is 339 g/mol. The molecular formula is C19H21N3O3. The minimum atomic E-state index is -0.202. The van der Waals surface area contributed by atoms with Gasteiger partial charge in [0.25, 0.3) is 0 Å². The number of carbonyl (C=O) groups excluding carboxylic acids is 1. The van der Waals surface area contributed by atoms with E-state index in [-0.39, 0.29) is 30.3 Å². The van der Waals surface area contributed by atoms with Crippen LogP contribution in [0.25, 0.3) is 0 Å². The molecule has 2 aromatic rings.